The van der Waals surface area contributed by atoms with Gasteiger partial charge in [-0.15, -0.1) is 0 Å². The first-order valence-corrected chi connectivity index (χ1v) is 9.81. The van der Waals surface area contributed by atoms with Gasteiger partial charge in [0, 0.05) is 6.04 Å². The van der Waals surface area contributed by atoms with Gasteiger partial charge in [0.2, 0.25) is 5.91 Å². The van der Waals surface area contributed by atoms with E-state index in [1.165, 1.54) is 11.1 Å². The van der Waals surface area contributed by atoms with Crippen molar-refractivity contribution in [1.29, 1.82) is 0 Å². The lowest BCUT2D eigenvalue weighted by atomic mass is 9.86. The minimum absolute atomic E-state index is 0.214. The Hall–Kier alpha value is -2.49. The molecule has 1 saturated carbocycles. The summed E-state index contributed by atoms with van der Waals surface area (Å²) in [6, 6.07) is 15.0. The van der Waals surface area contributed by atoms with E-state index in [1.807, 2.05) is 18.2 Å². The molecule has 4 nitrogen and oxygen atoms in total. The van der Waals surface area contributed by atoms with Gasteiger partial charge in [0.25, 0.3) is 0 Å². The molecule has 4 heteroatoms. The summed E-state index contributed by atoms with van der Waals surface area (Å²) in [5, 5.41) is 0. The summed E-state index contributed by atoms with van der Waals surface area (Å²) in [7, 11) is 3.25. The van der Waals surface area contributed by atoms with E-state index in [2.05, 4.69) is 29.2 Å². The Kier molecular flexibility index (Phi) is 5.06. The first-order chi connectivity index (χ1) is 13.2. The van der Waals surface area contributed by atoms with Crippen molar-refractivity contribution in [2.45, 2.75) is 50.6 Å². The molecule has 0 radical (unpaired) electrons. The molecule has 1 amide bonds. The van der Waals surface area contributed by atoms with Crippen LogP contribution < -0.4 is 9.47 Å². The van der Waals surface area contributed by atoms with Crippen molar-refractivity contribution >= 4 is 5.91 Å². The number of carbonyl (C=O) groups excluding carboxylic acids is 1. The van der Waals surface area contributed by atoms with Crippen LogP contribution in [0.3, 0.4) is 0 Å². The molecule has 2 aromatic rings. The van der Waals surface area contributed by atoms with E-state index in [0.717, 1.165) is 37.7 Å². The lowest BCUT2D eigenvalue weighted by Crippen LogP contribution is -2.39. The number of fused-ring (bicyclic) bond motifs is 1. The van der Waals surface area contributed by atoms with E-state index in [-0.39, 0.29) is 11.9 Å². The molecule has 0 saturated heterocycles. The van der Waals surface area contributed by atoms with Crippen LogP contribution >= 0.6 is 0 Å². The standard InChI is InChI=1S/C23H27NO3/c1-26-21-13-10-16(14-22(21)27-2)15-23(25)24(18-11-12-18)20-9-5-7-17-6-3-4-8-19(17)20/h3-4,6,8,10,13-14,18,20H,5,7,9,11-12,15H2,1-2H3. The molecule has 142 valence electrons. The molecule has 0 aliphatic heterocycles. The van der Waals surface area contributed by atoms with Gasteiger partial charge < -0.3 is 14.4 Å². The maximum Gasteiger partial charge on any atom is 0.227 e. The molecule has 1 fully saturated rings. The monoisotopic (exact) mass is 365 g/mol. The molecule has 27 heavy (non-hydrogen) atoms. The second-order valence-corrected chi connectivity index (χ2v) is 7.51. The SMILES string of the molecule is COc1ccc(CC(=O)N(C2CC2)C2CCCc3ccccc32)cc1OC. The van der Waals surface area contributed by atoms with Crippen molar-refractivity contribution in [3.63, 3.8) is 0 Å². The summed E-state index contributed by atoms with van der Waals surface area (Å²) in [5.41, 5.74) is 3.71. The lowest BCUT2D eigenvalue weighted by Gasteiger charge is -2.36. The highest BCUT2D eigenvalue weighted by Crippen LogP contribution is 2.41. The Balaban J connectivity index is 1.58. The minimum atomic E-state index is 0.214. The van der Waals surface area contributed by atoms with Crippen LogP contribution in [0.4, 0.5) is 0 Å². The first-order valence-electron chi connectivity index (χ1n) is 9.81. The van der Waals surface area contributed by atoms with Crippen LogP contribution in [0.5, 0.6) is 11.5 Å². The van der Waals surface area contributed by atoms with Crippen LogP contribution in [-0.2, 0) is 17.6 Å². The Labute approximate surface area is 161 Å². The fourth-order valence-corrected chi connectivity index (χ4v) is 4.26. The van der Waals surface area contributed by atoms with Crippen molar-refractivity contribution in [3.8, 4) is 11.5 Å². The van der Waals surface area contributed by atoms with Gasteiger partial charge in [0.05, 0.1) is 26.7 Å². The minimum Gasteiger partial charge on any atom is -0.493 e. The highest BCUT2D eigenvalue weighted by Gasteiger charge is 2.39. The normalized spacial score (nSPS) is 18.5. The summed E-state index contributed by atoms with van der Waals surface area (Å²) in [4.78, 5) is 15.5. The Bertz CT molecular complexity index is 828. The van der Waals surface area contributed by atoms with Gasteiger partial charge >= 0.3 is 0 Å². The van der Waals surface area contributed by atoms with Gasteiger partial charge in [-0.05, 0) is 60.9 Å². The summed E-state index contributed by atoms with van der Waals surface area (Å²) in [6.07, 6.45) is 5.97. The van der Waals surface area contributed by atoms with Crippen LogP contribution in [0.15, 0.2) is 42.5 Å². The van der Waals surface area contributed by atoms with Crippen LogP contribution in [0.25, 0.3) is 0 Å². The number of ether oxygens (including phenoxy) is 2. The number of methoxy groups -OCH3 is 2. The van der Waals surface area contributed by atoms with Crippen LogP contribution in [0, 0.1) is 0 Å². The summed E-state index contributed by atoms with van der Waals surface area (Å²) in [6.45, 7) is 0. The zero-order chi connectivity index (χ0) is 18.8. The number of amides is 1. The van der Waals surface area contributed by atoms with Gasteiger partial charge in [-0.1, -0.05) is 30.3 Å². The predicted molar refractivity (Wildman–Crippen MR) is 105 cm³/mol. The number of benzene rings is 2. The van der Waals surface area contributed by atoms with Gasteiger partial charge in [-0.25, -0.2) is 0 Å². The molecule has 0 spiro atoms. The zero-order valence-corrected chi connectivity index (χ0v) is 16.1. The third-order valence-corrected chi connectivity index (χ3v) is 5.71. The molecule has 0 heterocycles. The van der Waals surface area contributed by atoms with E-state index in [9.17, 15) is 4.79 Å². The molecule has 2 aliphatic rings. The van der Waals surface area contributed by atoms with Crippen LogP contribution in [0.1, 0.15) is 48.4 Å². The van der Waals surface area contributed by atoms with E-state index in [4.69, 9.17) is 9.47 Å². The molecule has 1 unspecified atom stereocenters. The number of rotatable bonds is 6. The maximum atomic E-state index is 13.3. The van der Waals surface area contributed by atoms with Gasteiger partial charge in [-0.3, -0.25) is 4.79 Å². The van der Waals surface area contributed by atoms with Crippen molar-refractivity contribution in [2.75, 3.05) is 14.2 Å². The molecule has 4 rings (SSSR count). The average Bonchev–Trinajstić information content (AvgIpc) is 3.53. The van der Waals surface area contributed by atoms with Crippen molar-refractivity contribution < 1.29 is 14.3 Å². The van der Waals surface area contributed by atoms with E-state index >= 15 is 0 Å². The third-order valence-electron chi connectivity index (χ3n) is 5.71. The molecule has 0 aromatic heterocycles. The van der Waals surface area contributed by atoms with Gasteiger partial charge in [-0.2, -0.15) is 0 Å². The summed E-state index contributed by atoms with van der Waals surface area (Å²) >= 11 is 0. The maximum absolute atomic E-state index is 13.3. The fraction of sp³-hybridized carbons (Fsp3) is 0.435. The molecular formula is C23H27NO3. The molecule has 2 aromatic carbocycles. The second kappa shape index (κ2) is 7.63. The fourth-order valence-electron chi connectivity index (χ4n) is 4.26. The number of hydrogen-bond acceptors (Lipinski definition) is 3. The Morgan fingerprint density at radius 2 is 1.81 bits per heavy atom. The predicted octanol–water partition coefficient (Wildman–Crippen LogP) is 4.31. The second-order valence-electron chi connectivity index (χ2n) is 7.51. The number of hydrogen-bond donors (Lipinski definition) is 0. The molecule has 1 atom stereocenters. The smallest absolute Gasteiger partial charge is 0.227 e. The topological polar surface area (TPSA) is 38.8 Å². The highest BCUT2D eigenvalue weighted by molar-refractivity contribution is 5.80. The quantitative estimate of drug-likeness (QED) is 0.765. The number of carbonyl (C=O) groups is 1. The number of nitrogens with zero attached hydrogens (tertiary/aromatic N) is 1. The Morgan fingerprint density at radius 1 is 1.04 bits per heavy atom. The summed E-state index contributed by atoms with van der Waals surface area (Å²) in [5.74, 6) is 1.57. The van der Waals surface area contributed by atoms with Crippen molar-refractivity contribution in [1.82, 2.24) is 4.90 Å². The van der Waals surface area contributed by atoms with Crippen LogP contribution in [-0.4, -0.2) is 31.1 Å². The lowest BCUT2D eigenvalue weighted by molar-refractivity contribution is -0.134. The number of aryl methyl sites for hydroxylation is 1. The molecular weight excluding hydrogens is 338 g/mol. The van der Waals surface area contributed by atoms with Crippen molar-refractivity contribution in [2.24, 2.45) is 0 Å². The average molecular weight is 365 g/mol. The van der Waals surface area contributed by atoms with Gasteiger partial charge in [0.1, 0.15) is 0 Å². The van der Waals surface area contributed by atoms with E-state index < -0.39 is 0 Å². The molecule has 0 N–H and O–H groups in total. The third kappa shape index (κ3) is 3.66. The summed E-state index contributed by atoms with van der Waals surface area (Å²) < 4.78 is 10.7. The Morgan fingerprint density at radius 3 is 2.56 bits per heavy atom. The van der Waals surface area contributed by atoms with Crippen molar-refractivity contribution in [3.05, 3.63) is 59.2 Å². The van der Waals surface area contributed by atoms with Crippen LogP contribution in [0.2, 0.25) is 0 Å². The molecule has 0 bridgehead atoms. The van der Waals surface area contributed by atoms with E-state index in [0.29, 0.717) is 24.0 Å². The first kappa shape index (κ1) is 17.9. The zero-order valence-electron chi connectivity index (χ0n) is 16.1. The van der Waals surface area contributed by atoms with Gasteiger partial charge in [0.15, 0.2) is 11.5 Å². The highest BCUT2D eigenvalue weighted by atomic mass is 16.5. The molecule has 2 aliphatic carbocycles. The van der Waals surface area contributed by atoms with E-state index in [1.54, 1.807) is 14.2 Å². The largest absolute Gasteiger partial charge is 0.493 e.